The van der Waals surface area contributed by atoms with E-state index < -0.39 is 36.0 Å². The zero-order valence-corrected chi connectivity index (χ0v) is 20.1. The first-order chi connectivity index (χ1) is 16.7. The van der Waals surface area contributed by atoms with Crippen LogP contribution in [0.4, 0.5) is 0 Å². The number of fused-ring (bicyclic) bond motifs is 3. The average Bonchev–Trinajstić information content (AvgIpc) is 3.20. The lowest BCUT2D eigenvalue weighted by molar-refractivity contribution is -0.171. The van der Waals surface area contributed by atoms with Crippen molar-refractivity contribution in [2.45, 2.75) is 39.4 Å². The number of ether oxygens (including phenoxy) is 3. The van der Waals surface area contributed by atoms with Gasteiger partial charge in [0.15, 0.2) is 5.92 Å². The van der Waals surface area contributed by atoms with Crippen LogP contribution in [-0.2, 0) is 36.8 Å². The Morgan fingerprint density at radius 1 is 0.800 bits per heavy atom. The number of hydrogen-bond acceptors (Lipinski definition) is 6. The van der Waals surface area contributed by atoms with Gasteiger partial charge in [-0.2, -0.15) is 0 Å². The third kappa shape index (κ3) is 5.96. The zero-order chi connectivity index (χ0) is 25.0. The molecule has 3 aromatic rings. The van der Waals surface area contributed by atoms with Crippen LogP contribution in [0.25, 0.3) is 11.1 Å². The van der Waals surface area contributed by atoms with Crippen molar-refractivity contribution in [1.29, 1.82) is 0 Å². The molecule has 0 unspecified atom stereocenters. The minimum atomic E-state index is -1.39. The topological polar surface area (TPSA) is 78.9 Å². The Balaban J connectivity index is 1.46. The molecule has 0 N–H and O–H groups in total. The molecule has 0 fully saturated rings. The van der Waals surface area contributed by atoms with E-state index in [1.54, 1.807) is 32.9 Å². The second-order valence-electron chi connectivity index (χ2n) is 9.48. The maximum absolute atomic E-state index is 12.8. The van der Waals surface area contributed by atoms with Gasteiger partial charge in [-0.05, 0) is 67.1 Å². The highest BCUT2D eigenvalue weighted by Gasteiger charge is 2.34. The average molecular weight is 473 g/mol. The van der Waals surface area contributed by atoms with Gasteiger partial charge >= 0.3 is 17.9 Å². The van der Waals surface area contributed by atoms with Crippen molar-refractivity contribution < 1.29 is 28.6 Å². The molecule has 0 bridgehead atoms. The van der Waals surface area contributed by atoms with Gasteiger partial charge in [0, 0.05) is 0 Å². The summed E-state index contributed by atoms with van der Waals surface area (Å²) in [4.78, 5) is 38.4. The Labute approximate surface area is 204 Å². The summed E-state index contributed by atoms with van der Waals surface area (Å²) in [7, 11) is 0. The molecular weight excluding hydrogens is 444 g/mol. The number of esters is 3. The lowest BCUT2D eigenvalue weighted by Crippen LogP contribution is -2.37. The fourth-order valence-electron chi connectivity index (χ4n) is 3.93. The molecule has 0 amide bonds. The molecule has 0 saturated carbocycles. The van der Waals surface area contributed by atoms with Gasteiger partial charge in [-0.3, -0.25) is 9.59 Å². The summed E-state index contributed by atoms with van der Waals surface area (Å²) in [6, 6.07) is 22.6. The van der Waals surface area contributed by atoms with E-state index in [-0.39, 0.29) is 6.61 Å². The minimum Gasteiger partial charge on any atom is -0.461 e. The third-order valence-electron chi connectivity index (χ3n) is 5.61. The van der Waals surface area contributed by atoms with Gasteiger partial charge in [0.1, 0.15) is 18.8 Å². The lowest BCUT2D eigenvalue weighted by Gasteiger charge is -2.23. The van der Waals surface area contributed by atoms with Crippen molar-refractivity contribution in [2.24, 2.45) is 5.92 Å². The number of rotatable bonds is 7. The van der Waals surface area contributed by atoms with Crippen LogP contribution in [0.1, 0.15) is 47.8 Å². The van der Waals surface area contributed by atoms with Crippen molar-refractivity contribution in [2.75, 3.05) is 6.61 Å². The molecule has 1 aliphatic carbocycles. The molecule has 1 aliphatic rings. The Morgan fingerprint density at radius 2 is 1.49 bits per heavy atom. The molecular formula is C29H28O6. The maximum atomic E-state index is 12.8. The maximum Gasteiger partial charge on any atom is 0.338 e. The van der Waals surface area contributed by atoms with Gasteiger partial charge in [0.25, 0.3) is 0 Å². The first kappa shape index (κ1) is 24.2. The van der Waals surface area contributed by atoms with Crippen molar-refractivity contribution in [3.63, 3.8) is 0 Å². The summed E-state index contributed by atoms with van der Waals surface area (Å²) in [6.07, 6.45) is 0.814. The molecule has 0 aromatic heterocycles. The predicted octanol–water partition coefficient (Wildman–Crippen LogP) is 5.12. The number of carbonyl (C=O) groups is 3. The van der Waals surface area contributed by atoms with Crippen LogP contribution < -0.4 is 0 Å². The van der Waals surface area contributed by atoms with E-state index in [0.29, 0.717) is 5.56 Å². The van der Waals surface area contributed by atoms with Gasteiger partial charge < -0.3 is 14.2 Å². The fraction of sp³-hybridized carbons (Fsp3) is 0.276. The second-order valence-corrected chi connectivity index (χ2v) is 9.48. The Bertz CT molecular complexity index is 1240. The highest BCUT2D eigenvalue weighted by molar-refractivity contribution is 5.96. The number of hydrogen-bond donors (Lipinski definition) is 0. The zero-order valence-electron chi connectivity index (χ0n) is 20.1. The number of benzene rings is 3. The summed E-state index contributed by atoms with van der Waals surface area (Å²) in [6.45, 7) is 4.62. The summed E-state index contributed by atoms with van der Waals surface area (Å²) >= 11 is 0. The van der Waals surface area contributed by atoms with Gasteiger partial charge in [-0.25, -0.2) is 4.79 Å². The van der Waals surface area contributed by atoms with E-state index in [2.05, 4.69) is 6.07 Å². The highest BCUT2D eigenvalue weighted by Crippen LogP contribution is 2.36. The lowest BCUT2D eigenvalue weighted by atomic mass is 10.0. The molecule has 180 valence electrons. The van der Waals surface area contributed by atoms with Crippen LogP contribution in [-0.4, -0.2) is 30.1 Å². The van der Waals surface area contributed by atoms with Gasteiger partial charge in [-0.15, -0.1) is 0 Å². The van der Waals surface area contributed by atoms with Crippen LogP contribution in [0.2, 0.25) is 0 Å². The SMILES string of the molecule is CC(C)(C)OC(=O)[C@@H](COC(=O)c1ccc2c(c1)-c1ccccc1C2)C(=O)OCc1ccccc1. The number of carbonyl (C=O) groups excluding carboxylic acids is 3. The van der Waals surface area contributed by atoms with Crippen LogP contribution in [0.5, 0.6) is 0 Å². The van der Waals surface area contributed by atoms with Crippen LogP contribution in [0.3, 0.4) is 0 Å². The molecule has 0 heterocycles. The molecule has 3 aromatic carbocycles. The predicted molar refractivity (Wildman–Crippen MR) is 131 cm³/mol. The smallest absolute Gasteiger partial charge is 0.338 e. The fourth-order valence-corrected chi connectivity index (χ4v) is 3.93. The summed E-state index contributed by atoms with van der Waals surface area (Å²) in [5.41, 5.74) is 4.74. The van der Waals surface area contributed by atoms with Crippen LogP contribution in [0, 0.1) is 5.92 Å². The largest absolute Gasteiger partial charge is 0.461 e. The Hall–Kier alpha value is -3.93. The van der Waals surface area contributed by atoms with E-state index in [4.69, 9.17) is 14.2 Å². The van der Waals surface area contributed by atoms with E-state index in [1.165, 1.54) is 5.56 Å². The van der Waals surface area contributed by atoms with Gasteiger partial charge in [-0.1, -0.05) is 60.7 Å². The highest BCUT2D eigenvalue weighted by atomic mass is 16.6. The second kappa shape index (κ2) is 10.1. The normalized spacial score (nSPS) is 12.8. The van der Waals surface area contributed by atoms with E-state index >= 15 is 0 Å². The quantitative estimate of drug-likeness (QED) is 0.211. The Morgan fingerprint density at radius 3 is 2.23 bits per heavy atom. The van der Waals surface area contributed by atoms with E-state index in [0.717, 1.165) is 28.7 Å². The van der Waals surface area contributed by atoms with E-state index in [9.17, 15) is 14.4 Å². The summed E-state index contributed by atoms with van der Waals surface area (Å²) < 4.78 is 16.1. The molecule has 4 rings (SSSR count). The minimum absolute atomic E-state index is 0.00283. The molecule has 0 spiro atoms. The molecule has 35 heavy (non-hydrogen) atoms. The molecule has 0 aliphatic heterocycles. The summed E-state index contributed by atoms with van der Waals surface area (Å²) in [5.74, 6) is -3.62. The molecule has 6 nitrogen and oxygen atoms in total. The van der Waals surface area contributed by atoms with Gasteiger partial charge in [0.05, 0.1) is 5.56 Å². The van der Waals surface area contributed by atoms with Crippen molar-refractivity contribution >= 4 is 17.9 Å². The van der Waals surface area contributed by atoms with E-state index in [1.807, 2.05) is 54.6 Å². The molecule has 6 heteroatoms. The molecule has 1 atom stereocenters. The molecule has 0 saturated heterocycles. The summed E-state index contributed by atoms with van der Waals surface area (Å²) in [5, 5.41) is 0. The first-order valence-corrected chi connectivity index (χ1v) is 11.5. The Kier molecular flexibility index (Phi) is 7.01. The molecule has 0 radical (unpaired) electrons. The van der Waals surface area contributed by atoms with Crippen molar-refractivity contribution in [1.82, 2.24) is 0 Å². The third-order valence-corrected chi connectivity index (χ3v) is 5.61. The van der Waals surface area contributed by atoms with Crippen LogP contribution >= 0.6 is 0 Å². The van der Waals surface area contributed by atoms with Crippen molar-refractivity contribution in [3.8, 4) is 11.1 Å². The van der Waals surface area contributed by atoms with Crippen molar-refractivity contribution in [3.05, 3.63) is 95.1 Å². The monoisotopic (exact) mass is 472 g/mol. The van der Waals surface area contributed by atoms with Crippen LogP contribution in [0.15, 0.2) is 72.8 Å². The first-order valence-electron chi connectivity index (χ1n) is 11.5. The standard InChI is InChI=1S/C29H28O6/c1-29(2,3)35-28(32)25(27(31)33-17-19-9-5-4-6-10-19)18-34-26(30)22-14-13-21-15-20-11-7-8-12-23(20)24(21)16-22/h4-14,16,25H,15,17-18H2,1-3H3/t25-/m0/s1. The van der Waals surface area contributed by atoms with Gasteiger partial charge in [0.2, 0.25) is 0 Å².